The van der Waals surface area contributed by atoms with Gasteiger partial charge in [-0.25, -0.2) is 14.3 Å². The maximum absolute atomic E-state index is 11.8. The monoisotopic (exact) mass is 248 g/mol. The molecule has 1 amide bonds. The number of fused-ring (bicyclic) bond motifs is 1. The fourth-order valence-corrected chi connectivity index (χ4v) is 1.72. The lowest BCUT2D eigenvalue weighted by Gasteiger charge is -2.04. The molecule has 2 aromatic heterocycles. The molecular weight excluding hydrogens is 232 g/mol. The highest BCUT2D eigenvalue weighted by molar-refractivity contribution is 5.94. The smallest absolute Gasteiger partial charge is 0.347 e. The van der Waals surface area contributed by atoms with Crippen LogP contribution in [0.4, 0.5) is 0 Å². The summed E-state index contributed by atoms with van der Waals surface area (Å²) in [5, 5.41) is 8.95. The Hall–Kier alpha value is -2.11. The zero-order valence-corrected chi connectivity index (χ0v) is 10.3. The molecule has 2 N–H and O–H groups in total. The zero-order chi connectivity index (χ0) is 13.0. The molecule has 6 heteroatoms. The number of nitrogens with zero attached hydrogens (tertiary/aromatic N) is 2. The number of carbonyl (C=O) groups is 1. The molecule has 6 nitrogen and oxygen atoms in total. The van der Waals surface area contributed by atoms with Crippen molar-refractivity contribution in [1.82, 2.24) is 19.9 Å². The second-order valence-electron chi connectivity index (χ2n) is 4.14. The molecule has 2 aromatic rings. The van der Waals surface area contributed by atoms with Gasteiger partial charge >= 0.3 is 5.69 Å². The number of hydrogen-bond donors (Lipinski definition) is 2. The molecular formula is C12H16N4O2. The summed E-state index contributed by atoms with van der Waals surface area (Å²) in [5.74, 6) is -0.166. The van der Waals surface area contributed by atoms with Crippen LogP contribution >= 0.6 is 0 Å². The van der Waals surface area contributed by atoms with Crippen molar-refractivity contribution in [3.8, 4) is 0 Å². The molecule has 0 atom stereocenters. The highest BCUT2D eigenvalue weighted by Gasteiger charge is 2.07. The molecule has 0 bridgehead atoms. The van der Waals surface area contributed by atoms with Crippen molar-refractivity contribution in [2.75, 3.05) is 6.54 Å². The van der Waals surface area contributed by atoms with E-state index in [1.807, 2.05) is 0 Å². The summed E-state index contributed by atoms with van der Waals surface area (Å²) >= 11 is 0. The van der Waals surface area contributed by atoms with Crippen molar-refractivity contribution in [3.63, 3.8) is 0 Å². The van der Waals surface area contributed by atoms with Crippen LogP contribution in [0.1, 0.15) is 36.5 Å². The Morgan fingerprint density at radius 3 is 3.06 bits per heavy atom. The number of unbranched alkanes of at least 4 members (excludes halogenated alkanes) is 2. The molecule has 0 aliphatic rings. The number of hydrogen-bond acceptors (Lipinski definition) is 3. The van der Waals surface area contributed by atoms with Gasteiger partial charge in [-0.05, 0) is 18.6 Å². The van der Waals surface area contributed by atoms with Gasteiger partial charge in [0.1, 0.15) is 0 Å². The van der Waals surface area contributed by atoms with Crippen LogP contribution in [0.15, 0.2) is 23.1 Å². The number of aromatic nitrogens is 3. The SMILES string of the molecule is CCCCCNC(=O)c1ccc2n[nH]c(=O)n2c1. The number of H-pyrrole nitrogens is 1. The Morgan fingerprint density at radius 1 is 1.44 bits per heavy atom. The van der Waals surface area contributed by atoms with Crippen LogP contribution in [0.25, 0.3) is 5.65 Å². The maximum atomic E-state index is 11.8. The van der Waals surface area contributed by atoms with E-state index in [2.05, 4.69) is 22.4 Å². The molecule has 18 heavy (non-hydrogen) atoms. The standard InChI is InChI=1S/C12H16N4O2/c1-2-3-4-7-13-11(17)9-5-6-10-14-15-12(18)16(10)8-9/h5-6,8H,2-4,7H2,1H3,(H,13,17)(H,15,18). The highest BCUT2D eigenvalue weighted by atomic mass is 16.2. The summed E-state index contributed by atoms with van der Waals surface area (Å²) in [6.45, 7) is 2.77. The molecule has 0 aliphatic carbocycles. The number of amides is 1. The van der Waals surface area contributed by atoms with E-state index in [-0.39, 0.29) is 11.6 Å². The van der Waals surface area contributed by atoms with Gasteiger partial charge in [-0.3, -0.25) is 4.79 Å². The van der Waals surface area contributed by atoms with Crippen molar-refractivity contribution >= 4 is 11.6 Å². The Morgan fingerprint density at radius 2 is 2.28 bits per heavy atom. The molecule has 2 rings (SSSR count). The largest absolute Gasteiger partial charge is 0.352 e. The van der Waals surface area contributed by atoms with Crippen molar-refractivity contribution < 1.29 is 4.79 Å². The molecule has 0 saturated heterocycles. The normalized spacial score (nSPS) is 10.7. The highest BCUT2D eigenvalue weighted by Crippen LogP contribution is 2.01. The average Bonchev–Trinajstić information content (AvgIpc) is 2.76. The van der Waals surface area contributed by atoms with Crippen LogP contribution in [0.3, 0.4) is 0 Å². The quantitative estimate of drug-likeness (QED) is 0.773. The first-order valence-electron chi connectivity index (χ1n) is 6.07. The van der Waals surface area contributed by atoms with Gasteiger partial charge < -0.3 is 5.32 Å². The van der Waals surface area contributed by atoms with Crippen LogP contribution in [-0.2, 0) is 0 Å². The van der Waals surface area contributed by atoms with Crippen LogP contribution in [0, 0.1) is 0 Å². The van der Waals surface area contributed by atoms with Gasteiger partial charge in [0, 0.05) is 12.7 Å². The van der Waals surface area contributed by atoms with E-state index >= 15 is 0 Å². The minimum atomic E-state index is -0.342. The Balaban J connectivity index is 2.08. The first-order chi connectivity index (χ1) is 8.72. The van der Waals surface area contributed by atoms with Crippen LogP contribution in [-0.4, -0.2) is 27.0 Å². The first-order valence-corrected chi connectivity index (χ1v) is 6.07. The zero-order valence-electron chi connectivity index (χ0n) is 10.3. The van der Waals surface area contributed by atoms with Crippen molar-refractivity contribution in [1.29, 1.82) is 0 Å². The second-order valence-corrected chi connectivity index (χ2v) is 4.14. The minimum absolute atomic E-state index is 0.166. The lowest BCUT2D eigenvalue weighted by atomic mass is 10.2. The summed E-state index contributed by atoms with van der Waals surface area (Å²) in [7, 11) is 0. The van der Waals surface area contributed by atoms with Gasteiger partial charge in [-0.2, -0.15) is 5.10 Å². The third kappa shape index (κ3) is 2.58. The maximum Gasteiger partial charge on any atom is 0.347 e. The Kier molecular flexibility index (Phi) is 3.76. The average molecular weight is 248 g/mol. The molecule has 0 unspecified atom stereocenters. The number of rotatable bonds is 5. The topological polar surface area (TPSA) is 79.3 Å². The summed E-state index contributed by atoms with van der Waals surface area (Å²) < 4.78 is 1.32. The number of aromatic amines is 1. The van der Waals surface area contributed by atoms with Gasteiger partial charge in [-0.1, -0.05) is 19.8 Å². The van der Waals surface area contributed by atoms with Gasteiger partial charge in [0.15, 0.2) is 5.65 Å². The fraction of sp³-hybridized carbons (Fsp3) is 0.417. The molecule has 0 aliphatic heterocycles. The molecule has 0 radical (unpaired) electrons. The second kappa shape index (κ2) is 5.48. The number of carbonyl (C=O) groups excluding carboxylic acids is 1. The predicted octanol–water partition coefficient (Wildman–Crippen LogP) is 0.943. The molecule has 0 aromatic carbocycles. The molecule has 0 fully saturated rings. The van der Waals surface area contributed by atoms with Gasteiger partial charge in [0.25, 0.3) is 5.91 Å². The van der Waals surface area contributed by atoms with Gasteiger partial charge in [0.05, 0.1) is 5.56 Å². The van der Waals surface area contributed by atoms with E-state index in [0.717, 1.165) is 19.3 Å². The summed E-state index contributed by atoms with van der Waals surface area (Å²) in [5.41, 5.74) is 0.621. The lowest BCUT2D eigenvalue weighted by Crippen LogP contribution is -2.25. The number of nitrogens with one attached hydrogen (secondary N) is 2. The van der Waals surface area contributed by atoms with Gasteiger partial charge in [-0.15, -0.1) is 0 Å². The first kappa shape index (κ1) is 12.3. The lowest BCUT2D eigenvalue weighted by molar-refractivity contribution is 0.0952. The van der Waals surface area contributed by atoms with Crippen molar-refractivity contribution in [2.45, 2.75) is 26.2 Å². The summed E-state index contributed by atoms with van der Waals surface area (Å²) in [6.07, 6.45) is 4.68. The van der Waals surface area contributed by atoms with Gasteiger partial charge in [0.2, 0.25) is 0 Å². The summed E-state index contributed by atoms with van der Waals surface area (Å²) in [6, 6.07) is 3.30. The third-order valence-electron chi connectivity index (χ3n) is 2.74. The van der Waals surface area contributed by atoms with E-state index in [9.17, 15) is 9.59 Å². The van der Waals surface area contributed by atoms with E-state index in [0.29, 0.717) is 17.8 Å². The van der Waals surface area contributed by atoms with E-state index in [1.54, 1.807) is 12.1 Å². The molecule has 0 saturated carbocycles. The third-order valence-corrected chi connectivity index (χ3v) is 2.74. The predicted molar refractivity (Wildman–Crippen MR) is 67.7 cm³/mol. The van der Waals surface area contributed by atoms with E-state index < -0.39 is 0 Å². The summed E-state index contributed by atoms with van der Waals surface area (Å²) in [4.78, 5) is 23.2. The van der Waals surface area contributed by atoms with Crippen LogP contribution in [0.2, 0.25) is 0 Å². The number of pyridine rings is 1. The van der Waals surface area contributed by atoms with Crippen LogP contribution < -0.4 is 11.0 Å². The molecule has 2 heterocycles. The Bertz CT molecular complexity index is 599. The molecule has 96 valence electrons. The van der Waals surface area contributed by atoms with E-state index in [4.69, 9.17) is 0 Å². The Labute approximate surface area is 104 Å². The van der Waals surface area contributed by atoms with Crippen molar-refractivity contribution in [2.24, 2.45) is 0 Å². The van der Waals surface area contributed by atoms with E-state index in [1.165, 1.54) is 10.6 Å². The van der Waals surface area contributed by atoms with Crippen LogP contribution in [0.5, 0.6) is 0 Å². The van der Waals surface area contributed by atoms with Crippen molar-refractivity contribution in [3.05, 3.63) is 34.4 Å². The minimum Gasteiger partial charge on any atom is -0.352 e. The molecule has 0 spiro atoms. The fourth-order valence-electron chi connectivity index (χ4n) is 1.72.